The lowest BCUT2D eigenvalue weighted by Crippen LogP contribution is -2.36. The van der Waals surface area contributed by atoms with Gasteiger partial charge in [0.15, 0.2) is 0 Å². The van der Waals surface area contributed by atoms with Gasteiger partial charge in [0.25, 0.3) is 0 Å². The van der Waals surface area contributed by atoms with E-state index in [-0.39, 0.29) is 0 Å². The molecule has 0 aromatic carbocycles. The van der Waals surface area contributed by atoms with Gasteiger partial charge in [-0.15, -0.1) is 0 Å². The fourth-order valence-electron chi connectivity index (χ4n) is 2.30. The Balaban J connectivity index is 1.94. The van der Waals surface area contributed by atoms with Crippen molar-refractivity contribution in [3.8, 4) is 0 Å². The van der Waals surface area contributed by atoms with Crippen molar-refractivity contribution < 1.29 is 0 Å². The third kappa shape index (κ3) is 2.17. The van der Waals surface area contributed by atoms with Crippen LogP contribution < -0.4 is 5.32 Å². The maximum Gasteiger partial charge on any atom is 0.0201 e. The van der Waals surface area contributed by atoms with Crippen molar-refractivity contribution in [2.24, 2.45) is 0 Å². The second-order valence-electron chi connectivity index (χ2n) is 3.96. The van der Waals surface area contributed by atoms with Crippen molar-refractivity contribution in [1.82, 2.24) is 5.32 Å². The molecule has 1 nitrogen and oxygen atoms in total. The molecule has 2 aliphatic rings. The quantitative estimate of drug-likeness (QED) is 0.622. The molecule has 1 aliphatic heterocycles. The van der Waals surface area contributed by atoms with E-state index in [9.17, 15) is 0 Å². The van der Waals surface area contributed by atoms with Crippen LogP contribution in [0.2, 0.25) is 0 Å². The summed E-state index contributed by atoms with van der Waals surface area (Å²) in [6.45, 7) is 1.26. The number of fused-ring (bicyclic) bond motifs is 1. The normalized spacial score (nSPS) is 38.0. The highest BCUT2D eigenvalue weighted by atomic mass is 32.2. The van der Waals surface area contributed by atoms with Gasteiger partial charge in [0.05, 0.1) is 0 Å². The highest BCUT2D eigenvalue weighted by molar-refractivity contribution is 7.99. The van der Waals surface area contributed by atoms with E-state index in [0.29, 0.717) is 0 Å². The Labute approximate surface area is 79.7 Å². The summed E-state index contributed by atoms with van der Waals surface area (Å²) < 4.78 is 0. The van der Waals surface area contributed by atoms with Gasteiger partial charge in [0.2, 0.25) is 0 Å². The molecule has 0 amide bonds. The number of thioether (sulfide) groups is 1. The van der Waals surface area contributed by atoms with Gasteiger partial charge in [-0.05, 0) is 31.6 Å². The van der Waals surface area contributed by atoms with E-state index in [1.807, 2.05) is 0 Å². The minimum absolute atomic E-state index is 0.847. The Morgan fingerprint density at radius 1 is 1.00 bits per heavy atom. The molecule has 1 N–H and O–H groups in total. The van der Waals surface area contributed by atoms with Gasteiger partial charge >= 0.3 is 0 Å². The average molecular weight is 185 g/mol. The lowest BCUT2D eigenvalue weighted by Gasteiger charge is -2.22. The molecule has 12 heavy (non-hydrogen) atoms. The zero-order valence-corrected chi connectivity index (χ0v) is 8.54. The van der Waals surface area contributed by atoms with Crippen LogP contribution in [-0.4, -0.2) is 23.6 Å². The van der Waals surface area contributed by atoms with Gasteiger partial charge in [-0.1, -0.05) is 19.3 Å². The predicted octanol–water partition coefficient (Wildman–Crippen LogP) is 2.41. The summed E-state index contributed by atoms with van der Waals surface area (Å²) >= 11 is 2.22. The SMILES string of the molecule is C1CCC2NCCCSC2CC1. The van der Waals surface area contributed by atoms with E-state index >= 15 is 0 Å². The Kier molecular flexibility index (Phi) is 3.35. The monoisotopic (exact) mass is 185 g/mol. The third-order valence-electron chi connectivity index (χ3n) is 3.01. The molecule has 1 saturated heterocycles. The molecule has 2 heteroatoms. The van der Waals surface area contributed by atoms with E-state index in [4.69, 9.17) is 0 Å². The van der Waals surface area contributed by atoms with Crippen LogP contribution in [0.5, 0.6) is 0 Å². The molecule has 2 atom stereocenters. The van der Waals surface area contributed by atoms with Crippen LogP contribution in [0, 0.1) is 0 Å². The molecule has 2 unspecified atom stereocenters. The van der Waals surface area contributed by atoms with Crippen molar-refractivity contribution in [3.63, 3.8) is 0 Å². The summed E-state index contributed by atoms with van der Waals surface area (Å²) in [6.07, 6.45) is 8.65. The van der Waals surface area contributed by atoms with Gasteiger partial charge in [-0.3, -0.25) is 0 Å². The van der Waals surface area contributed by atoms with Crippen molar-refractivity contribution in [2.45, 2.75) is 49.8 Å². The second kappa shape index (κ2) is 4.52. The second-order valence-corrected chi connectivity index (χ2v) is 5.31. The van der Waals surface area contributed by atoms with E-state index < -0.39 is 0 Å². The summed E-state index contributed by atoms with van der Waals surface area (Å²) in [5.41, 5.74) is 0. The van der Waals surface area contributed by atoms with Crippen LogP contribution in [0.3, 0.4) is 0 Å². The highest BCUT2D eigenvalue weighted by Crippen LogP contribution is 2.29. The zero-order valence-electron chi connectivity index (χ0n) is 7.72. The summed E-state index contributed by atoms with van der Waals surface area (Å²) in [5, 5.41) is 4.64. The Morgan fingerprint density at radius 2 is 1.92 bits per heavy atom. The largest absolute Gasteiger partial charge is 0.313 e. The number of hydrogen-bond donors (Lipinski definition) is 1. The van der Waals surface area contributed by atoms with Gasteiger partial charge in [0, 0.05) is 11.3 Å². The number of nitrogens with one attached hydrogen (secondary N) is 1. The smallest absolute Gasteiger partial charge is 0.0201 e. The maximum atomic E-state index is 3.70. The number of rotatable bonds is 0. The molecule has 1 saturated carbocycles. The third-order valence-corrected chi connectivity index (χ3v) is 4.53. The minimum Gasteiger partial charge on any atom is -0.313 e. The minimum atomic E-state index is 0.847. The Bertz CT molecular complexity index is 110. The van der Waals surface area contributed by atoms with E-state index in [1.54, 1.807) is 0 Å². The van der Waals surface area contributed by atoms with Crippen LogP contribution in [-0.2, 0) is 0 Å². The molecule has 2 fully saturated rings. The fourth-order valence-corrected chi connectivity index (χ4v) is 3.71. The van der Waals surface area contributed by atoms with Crippen LogP contribution >= 0.6 is 11.8 Å². The summed E-state index contributed by atoms with van der Waals surface area (Å²) in [7, 11) is 0. The van der Waals surface area contributed by atoms with E-state index in [2.05, 4.69) is 17.1 Å². The Hall–Kier alpha value is 0.310. The molecular formula is C10H19NS. The predicted molar refractivity (Wildman–Crippen MR) is 55.7 cm³/mol. The number of hydrogen-bond acceptors (Lipinski definition) is 2. The highest BCUT2D eigenvalue weighted by Gasteiger charge is 2.24. The van der Waals surface area contributed by atoms with E-state index in [1.165, 1.54) is 50.8 Å². The molecule has 0 bridgehead atoms. The van der Waals surface area contributed by atoms with Crippen LogP contribution in [0.4, 0.5) is 0 Å². The van der Waals surface area contributed by atoms with Crippen molar-refractivity contribution in [1.29, 1.82) is 0 Å². The lowest BCUT2D eigenvalue weighted by molar-refractivity contribution is 0.479. The summed E-state index contributed by atoms with van der Waals surface area (Å²) in [4.78, 5) is 0. The van der Waals surface area contributed by atoms with Gasteiger partial charge in [-0.25, -0.2) is 0 Å². The van der Waals surface area contributed by atoms with Gasteiger partial charge in [0.1, 0.15) is 0 Å². The van der Waals surface area contributed by atoms with Gasteiger partial charge < -0.3 is 5.32 Å². The standard InChI is InChI=1S/C10H19NS/c1-2-5-9-10(6-3-1)12-8-4-7-11-9/h9-11H,1-8H2. The topological polar surface area (TPSA) is 12.0 Å². The molecule has 0 aromatic rings. The zero-order chi connectivity index (χ0) is 8.23. The maximum absolute atomic E-state index is 3.70. The first-order valence-corrected chi connectivity index (χ1v) is 6.37. The molecule has 1 heterocycles. The molecule has 0 radical (unpaired) electrons. The summed E-state index contributed by atoms with van der Waals surface area (Å²) in [6, 6.07) is 0.847. The van der Waals surface area contributed by atoms with Crippen LogP contribution in [0.15, 0.2) is 0 Å². The fraction of sp³-hybridized carbons (Fsp3) is 1.00. The van der Waals surface area contributed by atoms with Crippen molar-refractivity contribution in [3.05, 3.63) is 0 Å². The molecule has 0 spiro atoms. The van der Waals surface area contributed by atoms with Crippen molar-refractivity contribution >= 4 is 11.8 Å². The first-order chi connectivity index (χ1) is 5.97. The molecular weight excluding hydrogens is 166 g/mol. The van der Waals surface area contributed by atoms with E-state index in [0.717, 1.165) is 11.3 Å². The lowest BCUT2D eigenvalue weighted by atomic mass is 10.1. The molecule has 1 aliphatic carbocycles. The molecule has 0 aromatic heterocycles. The molecule has 2 rings (SSSR count). The molecule has 70 valence electrons. The summed E-state index contributed by atoms with van der Waals surface area (Å²) in [5.74, 6) is 1.38. The Morgan fingerprint density at radius 3 is 2.92 bits per heavy atom. The first-order valence-electron chi connectivity index (χ1n) is 5.32. The van der Waals surface area contributed by atoms with Crippen LogP contribution in [0.1, 0.15) is 38.5 Å². The van der Waals surface area contributed by atoms with Crippen molar-refractivity contribution in [2.75, 3.05) is 12.3 Å². The van der Waals surface area contributed by atoms with Crippen LogP contribution in [0.25, 0.3) is 0 Å². The average Bonchev–Trinajstić information content (AvgIpc) is 2.38. The first kappa shape index (κ1) is 8.89. The van der Waals surface area contributed by atoms with Gasteiger partial charge in [-0.2, -0.15) is 11.8 Å².